The fourth-order valence-corrected chi connectivity index (χ4v) is 2.46. The van der Waals surface area contributed by atoms with Crippen molar-refractivity contribution in [3.63, 3.8) is 0 Å². The second-order valence-corrected chi connectivity index (χ2v) is 5.26. The standard InChI is InChI=1S/C15H20ClN3O/c1-3-19-14(15(16)11(2)18-19)10-13(20)8-7-12-6-4-5-9-17-12/h4-6,9,13,20H,3,7-8,10H2,1-2H3. The summed E-state index contributed by atoms with van der Waals surface area (Å²) < 4.78 is 1.86. The molecular weight excluding hydrogens is 274 g/mol. The maximum atomic E-state index is 10.2. The van der Waals surface area contributed by atoms with Gasteiger partial charge in [0.25, 0.3) is 0 Å². The summed E-state index contributed by atoms with van der Waals surface area (Å²) in [6.45, 7) is 4.67. The maximum absolute atomic E-state index is 10.2. The Morgan fingerprint density at radius 2 is 2.20 bits per heavy atom. The first kappa shape index (κ1) is 15.0. The van der Waals surface area contributed by atoms with Gasteiger partial charge in [0.1, 0.15) is 0 Å². The molecule has 0 fully saturated rings. The van der Waals surface area contributed by atoms with E-state index in [2.05, 4.69) is 10.1 Å². The van der Waals surface area contributed by atoms with Gasteiger partial charge in [-0.05, 0) is 38.8 Å². The molecule has 0 spiro atoms. The molecule has 5 heteroatoms. The zero-order chi connectivity index (χ0) is 14.5. The van der Waals surface area contributed by atoms with Gasteiger partial charge in [-0.2, -0.15) is 5.10 Å². The fourth-order valence-electron chi connectivity index (χ4n) is 2.25. The molecule has 0 aliphatic carbocycles. The van der Waals surface area contributed by atoms with Crippen molar-refractivity contribution in [3.8, 4) is 0 Å². The van der Waals surface area contributed by atoms with Crippen LogP contribution in [0.2, 0.25) is 5.02 Å². The van der Waals surface area contributed by atoms with Crippen molar-refractivity contribution in [2.45, 2.75) is 45.8 Å². The Bertz CT molecular complexity index is 554. The molecule has 0 bridgehead atoms. The molecule has 108 valence electrons. The van der Waals surface area contributed by atoms with E-state index in [9.17, 15) is 5.11 Å². The molecular formula is C15H20ClN3O. The molecule has 4 nitrogen and oxygen atoms in total. The Balaban J connectivity index is 1.96. The molecule has 1 unspecified atom stereocenters. The van der Waals surface area contributed by atoms with Gasteiger partial charge >= 0.3 is 0 Å². The summed E-state index contributed by atoms with van der Waals surface area (Å²) in [6, 6.07) is 5.82. The Kier molecular flexibility index (Phi) is 5.15. The summed E-state index contributed by atoms with van der Waals surface area (Å²) in [5.74, 6) is 0. The van der Waals surface area contributed by atoms with E-state index in [0.717, 1.165) is 30.0 Å². The number of rotatable bonds is 6. The minimum Gasteiger partial charge on any atom is -0.393 e. The zero-order valence-corrected chi connectivity index (χ0v) is 12.6. The van der Waals surface area contributed by atoms with Gasteiger partial charge in [-0.15, -0.1) is 0 Å². The highest BCUT2D eigenvalue weighted by Gasteiger charge is 2.16. The van der Waals surface area contributed by atoms with Gasteiger partial charge in [0.15, 0.2) is 0 Å². The fraction of sp³-hybridized carbons (Fsp3) is 0.467. The van der Waals surface area contributed by atoms with Crippen molar-refractivity contribution in [3.05, 3.63) is 46.5 Å². The smallest absolute Gasteiger partial charge is 0.0848 e. The average Bonchev–Trinajstić information content (AvgIpc) is 2.74. The van der Waals surface area contributed by atoms with Gasteiger partial charge in [0.05, 0.1) is 22.5 Å². The lowest BCUT2D eigenvalue weighted by atomic mass is 10.1. The van der Waals surface area contributed by atoms with E-state index in [-0.39, 0.29) is 0 Å². The van der Waals surface area contributed by atoms with Crippen molar-refractivity contribution in [1.29, 1.82) is 0 Å². The third-order valence-corrected chi connectivity index (χ3v) is 3.83. The number of aliphatic hydroxyl groups is 1. The molecule has 0 aliphatic heterocycles. The lowest BCUT2D eigenvalue weighted by molar-refractivity contribution is 0.162. The first-order chi connectivity index (χ1) is 9.61. The molecule has 2 aromatic rings. The van der Waals surface area contributed by atoms with E-state index in [1.54, 1.807) is 6.20 Å². The van der Waals surface area contributed by atoms with E-state index >= 15 is 0 Å². The Labute approximate surface area is 124 Å². The van der Waals surface area contributed by atoms with Gasteiger partial charge in [-0.1, -0.05) is 17.7 Å². The van der Waals surface area contributed by atoms with Crippen LogP contribution in [0.3, 0.4) is 0 Å². The molecule has 0 amide bonds. The summed E-state index contributed by atoms with van der Waals surface area (Å²) in [5.41, 5.74) is 2.73. The van der Waals surface area contributed by atoms with E-state index < -0.39 is 6.10 Å². The van der Waals surface area contributed by atoms with Crippen LogP contribution in [0.5, 0.6) is 0 Å². The van der Waals surface area contributed by atoms with E-state index in [4.69, 9.17) is 11.6 Å². The molecule has 2 aromatic heterocycles. The number of aryl methyl sites for hydroxylation is 3. The average molecular weight is 294 g/mol. The normalized spacial score (nSPS) is 12.6. The van der Waals surface area contributed by atoms with Crippen molar-refractivity contribution in [1.82, 2.24) is 14.8 Å². The topological polar surface area (TPSA) is 50.9 Å². The van der Waals surface area contributed by atoms with Crippen LogP contribution < -0.4 is 0 Å². The van der Waals surface area contributed by atoms with Crippen LogP contribution in [0.15, 0.2) is 24.4 Å². The lowest BCUT2D eigenvalue weighted by Gasteiger charge is -2.12. The van der Waals surface area contributed by atoms with Crippen molar-refractivity contribution in [2.24, 2.45) is 0 Å². The SMILES string of the molecule is CCn1nc(C)c(Cl)c1CC(O)CCc1ccccn1. The predicted octanol–water partition coefficient (Wildman–Crippen LogP) is 2.80. The molecule has 0 aromatic carbocycles. The highest BCUT2D eigenvalue weighted by Crippen LogP contribution is 2.22. The molecule has 1 N–H and O–H groups in total. The Morgan fingerprint density at radius 3 is 2.85 bits per heavy atom. The first-order valence-electron chi connectivity index (χ1n) is 6.91. The highest BCUT2D eigenvalue weighted by molar-refractivity contribution is 6.31. The van der Waals surface area contributed by atoms with Crippen LogP contribution >= 0.6 is 11.6 Å². The lowest BCUT2D eigenvalue weighted by Crippen LogP contribution is -2.15. The number of halogens is 1. The first-order valence-corrected chi connectivity index (χ1v) is 7.29. The number of pyridine rings is 1. The monoisotopic (exact) mass is 293 g/mol. The van der Waals surface area contributed by atoms with E-state index in [1.807, 2.05) is 36.7 Å². The molecule has 2 rings (SSSR count). The largest absolute Gasteiger partial charge is 0.393 e. The summed E-state index contributed by atoms with van der Waals surface area (Å²) in [6.07, 6.45) is 3.30. The molecule has 0 saturated heterocycles. The number of nitrogens with zero attached hydrogens (tertiary/aromatic N) is 3. The van der Waals surface area contributed by atoms with Gasteiger partial charge in [-0.3, -0.25) is 9.67 Å². The number of hydrogen-bond donors (Lipinski definition) is 1. The Hall–Kier alpha value is -1.39. The minimum absolute atomic E-state index is 0.434. The van der Waals surface area contributed by atoms with Crippen LogP contribution in [-0.2, 0) is 19.4 Å². The van der Waals surface area contributed by atoms with Crippen LogP contribution in [-0.4, -0.2) is 26.0 Å². The van der Waals surface area contributed by atoms with Gasteiger partial charge < -0.3 is 5.11 Å². The third-order valence-electron chi connectivity index (χ3n) is 3.34. The second-order valence-electron chi connectivity index (χ2n) is 4.88. The number of aromatic nitrogens is 3. The molecule has 20 heavy (non-hydrogen) atoms. The van der Waals surface area contributed by atoms with Crippen LogP contribution in [0.4, 0.5) is 0 Å². The van der Waals surface area contributed by atoms with E-state index in [1.165, 1.54) is 0 Å². The summed E-state index contributed by atoms with van der Waals surface area (Å²) in [7, 11) is 0. The van der Waals surface area contributed by atoms with Crippen LogP contribution in [0.25, 0.3) is 0 Å². The van der Waals surface area contributed by atoms with Crippen molar-refractivity contribution >= 4 is 11.6 Å². The summed E-state index contributed by atoms with van der Waals surface area (Å²) in [4.78, 5) is 4.26. The number of aliphatic hydroxyl groups excluding tert-OH is 1. The Morgan fingerprint density at radius 1 is 1.40 bits per heavy atom. The highest BCUT2D eigenvalue weighted by atomic mass is 35.5. The minimum atomic E-state index is -0.434. The van der Waals surface area contributed by atoms with Crippen LogP contribution in [0.1, 0.15) is 30.4 Å². The van der Waals surface area contributed by atoms with Gasteiger partial charge in [-0.25, -0.2) is 0 Å². The van der Waals surface area contributed by atoms with Gasteiger partial charge in [0, 0.05) is 24.9 Å². The van der Waals surface area contributed by atoms with Crippen molar-refractivity contribution in [2.75, 3.05) is 0 Å². The van der Waals surface area contributed by atoms with Crippen molar-refractivity contribution < 1.29 is 5.11 Å². The second kappa shape index (κ2) is 6.86. The molecule has 0 aliphatic rings. The zero-order valence-electron chi connectivity index (χ0n) is 11.9. The quantitative estimate of drug-likeness (QED) is 0.891. The maximum Gasteiger partial charge on any atom is 0.0848 e. The molecule has 0 radical (unpaired) electrons. The number of hydrogen-bond acceptors (Lipinski definition) is 3. The van der Waals surface area contributed by atoms with E-state index in [0.29, 0.717) is 17.9 Å². The predicted molar refractivity (Wildman–Crippen MR) is 79.9 cm³/mol. The summed E-state index contributed by atoms with van der Waals surface area (Å²) in [5, 5.41) is 15.2. The van der Waals surface area contributed by atoms with Gasteiger partial charge in [0.2, 0.25) is 0 Å². The molecule has 0 saturated carbocycles. The molecule has 2 heterocycles. The molecule has 1 atom stereocenters. The van der Waals surface area contributed by atoms with Crippen LogP contribution in [0, 0.1) is 6.92 Å². The summed E-state index contributed by atoms with van der Waals surface area (Å²) >= 11 is 6.25. The third kappa shape index (κ3) is 3.58.